The molecule has 0 saturated carbocycles. The molecule has 0 N–H and O–H groups in total. The predicted octanol–water partition coefficient (Wildman–Crippen LogP) is 4.05. The van der Waals surface area contributed by atoms with Crippen molar-refractivity contribution in [2.24, 2.45) is 0 Å². The molecule has 1 heterocycles. The van der Waals surface area contributed by atoms with Crippen LogP contribution in [0.3, 0.4) is 0 Å². The molecule has 1 amide bonds. The lowest BCUT2D eigenvalue weighted by Crippen LogP contribution is -2.27. The van der Waals surface area contributed by atoms with Gasteiger partial charge in [0, 0.05) is 26.2 Å². The molecule has 0 aliphatic carbocycles. The zero-order valence-electron chi connectivity index (χ0n) is 15.4. The van der Waals surface area contributed by atoms with Gasteiger partial charge in [-0.05, 0) is 5.56 Å². The molecule has 0 unspecified atom stereocenters. The maximum Gasteiger partial charge on any atom is 0.240 e. The first-order valence-corrected chi connectivity index (χ1v) is 9.52. The van der Waals surface area contributed by atoms with Crippen LogP contribution in [0.5, 0.6) is 0 Å². The Morgan fingerprint density at radius 1 is 1.11 bits per heavy atom. The van der Waals surface area contributed by atoms with E-state index in [0.29, 0.717) is 11.7 Å². The van der Waals surface area contributed by atoms with Crippen LogP contribution in [0.25, 0.3) is 11.4 Å². The number of rotatable bonds is 7. The summed E-state index contributed by atoms with van der Waals surface area (Å²) in [7, 11) is 3.53. The van der Waals surface area contributed by atoms with Gasteiger partial charge in [0.1, 0.15) is 5.25 Å². The van der Waals surface area contributed by atoms with Gasteiger partial charge in [0.05, 0.1) is 0 Å². The number of nitrogens with zero attached hydrogens (tertiary/aromatic N) is 4. The largest absolute Gasteiger partial charge is 0.348 e. The highest BCUT2D eigenvalue weighted by molar-refractivity contribution is 8.00. The second-order valence-electron chi connectivity index (χ2n) is 6.21. The molecule has 6 heteroatoms. The monoisotopic (exact) mass is 378 g/mol. The van der Waals surface area contributed by atoms with Gasteiger partial charge in [-0.15, -0.1) is 16.8 Å². The van der Waals surface area contributed by atoms with Crippen LogP contribution in [-0.2, 0) is 11.3 Å². The van der Waals surface area contributed by atoms with Gasteiger partial charge < -0.3 is 4.90 Å². The highest BCUT2D eigenvalue weighted by atomic mass is 32.2. The molecular weight excluding hydrogens is 356 g/mol. The minimum atomic E-state index is -0.391. The summed E-state index contributed by atoms with van der Waals surface area (Å²) in [5.74, 6) is 0.780. The summed E-state index contributed by atoms with van der Waals surface area (Å²) >= 11 is 1.41. The van der Waals surface area contributed by atoms with Crippen LogP contribution in [0.4, 0.5) is 0 Å². The van der Waals surface area contributed by atoms with Gasteiger partial charge >= 0.3 is 0 Å². The second-order valence-corrected chi connectivity index (χ2v) is 7.28. The number of carbonyl (C=O) groups excluding carboxylic acids is 1. The number of likely N-dealkylation sites (N-methyl/N-ethyl adjacent to an activating group) is 1. The molecule has 0 bridgehead atoms. The Hall–Kier alpha value is -2.86. The number of allylic oxidation sites excluding steroid dienone is 1. The fraction of sp³-hybridized carbons (Fsp3) is 0.190. The molecule has 0 aliphatic heterocycles. The van der Waals surface area contributed by atoms with Crippen molar-refractivity contribution in [1.29, 1.82) is 0 Å². The van der Waals surface area contributed by atoms with Crippen molar-refractivity contribution in [3.63, 3.8) is 0 Å². The molecule has 3 rings (SSSR count). The van der Waals surface area contributed by atoms with Crippen molar-refractivity contribution in [1.82, 2.24) is 19.7 Å². The molecule has 27 heavy (non-hydrogen) atoms. The van der Waals surface area contributed by atoms with E-state index < -0.39 is 5.25 Å². The van der Waals surface area contributed by atoms with Crippen molar-refractivity contribution in [3.8, 4) is 11.4 Å². The van der Waals surface area contributed by atoms with Crippen LogP contribution in [0.15, 0.2) is 78.5 Å². The summed E-state index contributed by atoms with van der Waals surface area (Å²) < 4.78 is 1.99. The lowest BCUT2D eigenvalue weighted by molar-refractivity contribution is -0.128. The summed E-state index contributed by atoms with van der Waals surface area (Å²) in [5, 5.41) is 9.05. The van der Waals surface area contributed by atoms with Gasteiger partial charge in [0.15, 0.2) is 11.0 Å². The maximum absolute atomic E-state index is 12.8. The van der Waals surface area contributed by atoms with E-state index in [1.54, 1.807) is 19.0 Å². The first kappa shape index (κ1) is 18.9. The molecule has 0 spiro atoms. The summed E-state index contributed by atoms with van der Waals surface area (Å²) in [5.41, 5.74) is 1.92. The quantitative estimate of drug-likeness (QED) is 0.460. The minimum Gasteiger partial charge on any atom is -0.348 e. The number of amides is 1. The average Bonchev–Trinajstić information content (AvgIpc) is 3.09. The third kappa shape index (κ3) is 4.28. The van der Waals surface area contributed by atoms with Crippen molar-refractivity contribution in [2.75, 3.05) is 14.1 Å². The smallest absolute Gasteiger partial charge is 0.240 e. The summed E-state index contributed by atoms with van der Waals surface area (Å²) in [6.45, 7) is 4.42. The molecule has 138 valence electrons. The Morgan fingerprint density at radius 3 is 2.33 bits per heavy atom. The van der Waals surface area contributed by atoms with E-state index in [-0.39, 0.29) is 5.91 Å². The number of hydrogen-bond donors (Lipinski definition) is 0. The van der Waals surface area contributed by atoms with E-state index in [1.165, 1.54) is 11.8 Å². The van der Waals surface area contributed by atoms with Crippen molar-refractivity contribution in [2.45, 2.75) is 17.0 Å². The van der Waals surface area contributed by atoms with Crippen LogP contribution in [0.2, 0.25) is 0 Å². The Kier molecular flexibility index (Phi) is 6.08. The maximum atomic E-state index is 12.8. The van der Waals surface area contributed by atoms with Gasteiger partial charge in [-0.25, -0.2) is 0 Å². The molecule has 1 aromatic heterocycles. The van der Waals surface area contributed by atoms with Gasteiger partial charge in [-0.3, -0.25) is 9.36 Å². The van der Waals surface area contributed by atoms with E-state index in [9.17, 15) is 4.79 Å². The van der Waals surface area contributed by atoms with Crippen LogP contribution < -0.4 is 0 Å². The molecule has 5 nitrogen and oxygen atoms in total. The van der Waals surface area contributed by atoms with Gasteiger partial charge in [0.2, 0.25) is 5.91 Å². The summed E-state index contributed by atoms with van der Waals surface area (Å²) in [6, 6.07) is 19.7. The zero-order chi connectivity index (χ0) is 19.2. The van der Waals surface area contributed by atoms with Crippen LogP contribution in [0, 0.1) is 0 Å². The Morgan fingerprint density at radius 2 is 1.74 bits per heavy atom. The Labute approximate surface area is 163 Å². The SMILES string of the molecule is C=CCn1c(S[C@@H](C(=O)N(C)C)c2ccccc2)nnc1-c1ccccc1. The number of aromatic nitrogens is 3. The predicted molar refractivity (Wildman–Crippen MR) is 109 cm³/mol. The summed E-state index contributed by atoms with van der Waals surface area (Å²) in [6.07, 6.45) is 1.81. The number of carbonyl (C=O) groups is 1. The first-order chi connectivity index (χ1) is 13.1. The second kappa shape index (κ2) is 8.68. The lowest BCUT2D eigenvalue weighted by Gasteiger charge is -2.20. The lowest BCUT2D eigenvalue weighted by atomic mass is 10.1. The van der Waals surface area contributed by atoms with E-state index in [2.05, 4.69) is 16.8 Å². The van der Waals surface area contributed by atoms with Crippen molar-refractivity contribution < 1.29 is 4.79 Å². The van der Waals surface area contributed by atoms with E-state index in [4.69, 9.17) is 0 Å². The highest BCUT2D eigenvalue weighted by Crippen LogP contribution is 2.36. The molecule has 0 saturated heterocycles. The fourth-order valence-corrected chi connectivity index (χ4v) is 3.89. The number of benzene rings is 2. The molecule has 1 atom stereocenters. The van der Waals surface area contributed by atoms with Crippen LogP contribution in [-0.4, -0.2) is 39.7 Å². The number of thioether (sulfide) groups is 1. The molecule has 2 aromatic carbocycles. The van der Waals surface area contributed by atoms with E-state index in [1.807, 2.05) is 71.3 Å². The van der Waals surface area contributed by atoms with Crippen molar-refractivity contribution >= 4 is 17.7 Å². The summed E-state index contributed by atoms with van der Waals surface area (Å²) in [4.78, 5) is 14.4. The average molecular weight is 379 g/mol. The molecule has 0 fully saturated rings. The number of hydrogen-bond acceptors (Lipinski definition) is 4. The Bertz CT molecular complexity index is 906. The first-order valence-electron chi connectivity index (χ1n) is 8.64. The van der Waals surface area contributed by atoms with E-state index >= 15 is 0 Å². The third-order valence-corrected chi connectivity index (χ3v) is 5.27. The zero-order valence-corrected chi connectivity index (χ0v) is 16.3. The molecule has 0 radical (unpaired) electrons. The highest BCUT2D eigenvalue weighted by Gasteiger charge is 2.26. The van der Waals surface area contributed by atoms with Gasteiger partial charge in [-0.1, -0.05) is 78.5 Å². The van der Waals surface area contributed by atoms with Crippen LogP contribution >= 0.6 is 11.8 Å². The van der Waals surface area contributed by atoms with Gasteiger partial charge in [0.25, 0.3) is 0 Å². The molecule has 3 aromatic rings. The van der Waals surface area contributed by atoms with Crippen molar-refractivity contribution in [3.05, 3.63) is 78.9 Å². The standard InChI is InChI=1S/C21H22N4OS/c1-4-15-25-19(17-13-9-6-10-14-17)22-23-21(25)27-18(20(26)24(2)3)16-11-7-5-8-12-16/h4-14,18H,1,15H2,2-3H3/t18-/m1/s1. The Balaban J connectivity index is 2.00. The molecular formula is C21H22N4OS. The van der Waals surface area contributed by atoms with Gasteiger partial charge in [-0.2, -0.15) is 0 Å². The minimum absolute atomic E-state index is 0.0145. The molecule has 0 aliphatic rings. The van der Waals surface area contributed by atoms with E-state index in [0.717, 1.165) is 17.0 Å². The fourth-order valence-electron chi connectivity index (χ4n) is 2.70. The normalized spacial score (nSPS) is 11.8. The third-order valence-electron chi connectivity index (χ3n) is 4.05. The van der Waals surface area contributed by atoms with Crippen LogP contribution in [0.1, 0.15) is 10.8 Å². The topological polar surface area (TPSA) is 51.0 Å².